The van der Waals surface area contributed by atoms with Crippen molar-refractivity contribution in [3.63, 3.8) is 0 Å². The molecule has 0 aromatic heterocycles. The normalized spacial score (nSPS) is 21.0. The summed E-state index contributed by atoms with van der Waals surface area (Å²) in [6.45, 7) is 0.444. The minimum atomic E-state index is -0.281. The lowest BCUT2D eigenvalue weighted by Gasteiger charge is -2.08. The van der Waals surface area contributed by atoms with Gasteiger partial charge < -0.3 is 10.6 Å². The van der Waals surface area contributed by atoms with Gasteiger partial charge in [0.25, 0.3) is 0 Å². The molecule has 13 heavy (non-hydrogen) atoms. The molecule has 0 spiro atoms. The lowest BCUT2D eigenvalue weighted by molar-refractivity contribution is 0.247. The number of benzene rings is 1. The summed E-state index contributed by atoms with van der Waals surface area (Å²) in [4.78, 5) is 10.8. The summed E-state index contributed by atoms with van der Waals surface area (Å²) in [7, 11) is 0. The monoisotopic (exact) mass is 180 g/mol. The van der Waals surface area contributed by atoms with Crippen LogP contribution in [0.25, 0.3) is 0 Å². The van der Waals surface area contributed by atoms with Gasteiger partial charge in [0.1, 0.15) is 5.82 Å². The van der Waals surface area contributed by atoms with Gasteiger partial charge in [-0.3, -0.25) is 0 Å². The van der Waals surface area contributed by atoms with Crippen molar-refractivity contribution in [2.24, 2.45) is 0 Å². The van der Waals surface area contributed by atoms with Crippen LogP contribution in [-0.2, 0) is 0 Å². The molecule has 1 heterocycles. The zero-order valence-electron chi connectivity index (χ0n) is 6.88. The summed E-state index contributed by atoms with van der Waals surface area (Å²) >= 11 is 0. The average Bonchev–Trinajstić information content (AvgIpc) is 2.53. The van der Waals surface area contributed by atoms with Crippen molar-refractivity contribution in [2.45, 2.75) is 6.04 Å². The fourth-order valence-corrected chi connectivity index (χ4v) is 1.40. The highest BCUT2D eigenvalue weighted by molar-refractivity contribution is 5.76. The zero-order valence-corrected chi connectivity index (χ0v) is 6.88. The zero-order chi connectivity index (χ0) is 9.26. The number of nitrogens with one attached hydrogen (secondary N) is 2. The number of hydrogen-bond acceptors (Lipinski definition) is 1. The Morgan fingerprint density at radius 2 is 2.15 bits per heavy atom. The molecule has 1 atom stereocenters. The topological polar surface area (TPSA) is 41.1 Å². The van der Waals surface area contributed by atoms with Crippen molar-refractivity contribution in [3.8, 4) is 0 Å². The Labute approximate surface area is 74.9 Å². The van der Waals surface area contributed by atoms with Crippen LogP contribution in [0, 0.1) is 5.82 Å². The molecule has 2 N–H and O–H groups in total. The van der Waals surface area contributed by atoms with Gasteiger partial charge in [0.2, 0.25) is 0 Å². The van der Waals surface area contributed by atoms with Gasteiger partial charge in [-0.05, 0) is 6.07 Å². The van der Waals surface area contributed by atoms with E-state index in [9.17, 15) is 9.18 Å². The van der Waals surface area contributed by atoms with Crippen LogP contribution >= 0.6 is 0 Å². The van der Waals surface area contributed by atoms with Crippen molar-refractivity contribution in [1.82, 2.24) is 10.6 Å². The average molecular weight is 180 g/mol. The molecule has 1 saturated heterocycles. The number of carbonyl (C=O) groups excluding carboxylic acids is 1. The molecule has 0 radical (unpaired) electrons. The molecule has 1 aliphatic heterocycles. The summed E-state index contributed by atoms with van der Waals surface area (Å²) in [6, 6.07) is 5.96. The Morgan fingerprint density at radius 1 is 1.38 bits per heavy atom. The predicted molar refractivity (Wildman–Crippen MR) is 45.7 cm³/mol. The third-order valence-electron chi connectivity index (χ3n) is 2.05. The highest BCUT2D eigenvalue weighted by Gasteiger charge is 2.23. The van der Waals surface area contributed by atoms with E-state index in [4.69, 9.17) is 0 Å². The van der Waals surface area contributed by atoms with E-state index in [2.05, 4.69) is 10.6 Å². The maximum atomic E-state index is 13.2. The molecule has 2 amide bonds. The maximum absolute atomic E-state index is 13.2. The van der Waals surface area contributed by atoms with Gasteiger partial charge in [-0.2, -0.15) is 0 Å². The highest BCUT2D eigenvalue weighted by atomic mass is 19.1. The second-order valence-corrected chi connectivity index (χ2v) is 2.93. The van der Waals surface area contributed by atoms with Crippen molar-refractivity contribution < 1.29 is 9.18 Å². The molecule has 0 saturated carbocycles. The molecule has 1 aliphatic rings. The summed E-state index contributed by atoms with van der Waals surface area (Å²) in [5.41, 5.74) is 0.529. The molecule has 0 aliphatic carbocycles. The summed E-state index contributed by atoms with van der Waals surface area (Å²) in [5.74, 6) is -0.281. The Bertz CT molecular complexity index is 340. The van der Waals surface area contributed by atoms with Gasteiger partial charge in [-0.1, -0.05) is 18.2 Å². The quantitative estimate of drug-likeness (QED) is 0.669. The molecule has 3 nitrogen and oxygen atoms in total. The summed E-state index contributed by atoms with van der Waals surface area (Å²) in [5, 5.41) is 5.20. The lowest BCUT2D eigenvalue weighted by Crippen LogP contribution is -2.22. The fourth-order valence-electron chi connectivity index (χ4n) is 1.40. The highest BCUT2D eigenvalue weighted by Crippen LogP contribution is 2.17. The fraction of sp³-hybridized carbons (Fsp3) is 0.222. The molecular weight excluding hydrogens is 171 g/mol. The van der Waals surface area contributed by atoms with Crippen molar-refractivity contribution in [1.29, 1.82) is 0 Å². The Morgan fingerprint density at radius 3 is 2.77 bits per heavy atom. The first-order chi connectivity index (χ1) is 6.27. The van der Waals surface area contributed by atoms with Crippen LogP contribution < -0.4 is 10.6 Å². The number of halogens is 1. The Hall–Kier alpha value is -1.58. The van der Waals surface area contributed by atoms with E-state index >= 15 is 0 Å². The summed E-state index contributed by atoms with van der Waals surface area (Å²) < 4.78 is 13.2. The SMILES string of the molecule is O=C1NC[C@@H](c2ccccc2F)N1. The van der Waals surface area contributed by atoms with Gasteiger partial charge in [0.05, 0.1) is 6.04 Å². The molecule has 0 bridgehead atoms. The maximum Gasteiger partial charge on any atom is 0.315 e. The van der Waals surface area contributed by atoms with Crippen LogP contribution in [-0.4, -0.2) is 12.6 Å². The first-order valence-electron chi connectivity index (χ1n) is 4.06. The first-order valence-corrected chi connectivity index (χ1v) is 4.06. The first kappa shape index (κ1) is 8.04. The standard InChI is InChI=1S/C9H9FN2O/c10-7-4-2-1-3-6(7)8-5-11-9(13)12-8/h1-4,8H,5H2,(H2,11,12,13)/t8-/m0/s1. The molecular formula is C9H9FN2O. The number of rotatable bonds is 1. The number of amides is 2. The van der Waals surface area contributed by atoms with E-state index in [1.165, 1.54) is 6.07 Å². The van der Waals surface area contributed by atoms with Crippen LogP contribution in [0.5, 0.6) is 0 Å². The second kappa shape index (κ2) is 3.05. The summed E-state index contributed by atoms with van der Waals surface area (Å²) in [6.07, 6.45) is 0. The molecule has 1 fully saturated rings. The van der Waals surface area contributed by atoms with Gasteiger partial charge in [-0.15, -0.1) is 0 Å². The number of carbonyl (C=O) groups is 1. The van der Waals surface area contributed by atoms with Crippen molar-refractivity contribution in [3.05, 3.63) is 35.6 Å². The molecule has 68 valence electrons. The van der Waals surface area contributed by atoms with E-state index in [1.54, 1.807) is 18.2 Å². The Balaban J connectivity index is 2.26. The minimum absolute atomic E-state index is 0.242. The van der Waals surface area contributed by atoms with E-state index in [1.807, 2.05) is 0 Å². The second-order valence-electron chi connectivity index (χ2n) is 2.93. The molecule has 0 unspecified atom stereocenters. The van der Waals surface area contributed by atoms with Gasteiger partial charge in [0.15, 0.2) is 0 Å². The molecule has 4 heteroatoms. The molecule has 2 rings (SSSR count). The van der Waals surface area contributed by atoms with Crippen molar-refractivity contribution >= 4 is 6.03 Å². The van der Waals surface area contributed by atoms with E-state index < -0.39 is 0 Å². The minimum Gasteiger partial charge on any atom is -0.336 e. The van der Waals surface area contributed by atoms with Crippen LogP contribution in [0.1, 0.15) is 11.6 Å². The van der Waals surface area contributed by atoms with Crippen LogP contribution in [0.4, 0.5) is 9.18 Å². The number of urea groups is 1. The van der Waals surface area contributed by atoms with Crippen LogP contribution in [0.3, 0.4) is 0 Å². The van der Waals surface area contributed by atoms with Gasteiger partial charge in [0, 0.05) is 12.1 Å². The van der Waals surface area contributed by atoms with Crippen LogP contribution in [0.2, 0.25) is 0 Å². The van der Waals surface area contributed by atoms with Gasteiger partial charge in [-0.25, -0.2) is 9.18 Å². The predicted octanol–water partition coefficient (Wildman–Crippen LogP) is 1.18. The van der Waals surface area contributed by atoms with Crippen molar-refractivity contribution in [2.75, 3.05) is 6.54 Å². The lowest BCUT2D eigenvalue weighted by atomic mass is 10.1. The number of hydrogen-bond donors (Lipinski definition) is 2. The van der Waals surface area contributed by atoms with Crippen LogP contribution in [0.15, 0.2) is 24.3 Å². The van der Waals surface area contributed by atoms with Gasteiger partial charge >= 0.3 is 6.03 Å². The third kappa shape index (κ3) is 1.47. The largest absolute Gasteiger partial charge is 0.336 e. The van der Waals surface area contributed by atoms with E-state index in [-0.39, 0.29) is 17.9 Å². The molecule has 1 aromatic rings. The van der Waals surface area contributed by atoms with E-state index in [0.29, 0.717) is 12.1 Å². The third-order valence-corrected chi connectivity index (χ3v) is 2.05. The molecule has 1 aromatic carbocycles. The Kier molecular flexibility index (Phi) is 1.88. The smallest absolute Gasteiger partial charge is 0.315 e. The van der Waals surface area contributed by atoms with E-state index in [0.717, 1.165) is 0 Å².